The number of unbranched alkanes of at least 4 members (excludes halogenated alkanes) is 2. The first-order valence-corrected chi connectivity index (χ1v) is 5.90. The maximum atomic E-state index is 11.7. The molecule has 1 saturated heterocycles. The predicted molar refractivity (Wildman–Crippen MR) is 59.3 cm³/mol. The number of carbonyl (C=O) groups excluding carboxylic acids is 1. The molecule has 1 aliphatic rings. The summed E-state index contributed by atoms with van der Waals surface area (Å²) in [6.07, 6.45) is 4.99. The van der Waals surface area contributed by atoms with Crippen LogP contribution < -0.4 is 5.73 Å². The molecule has 0 aliphatic carbocycles. The number of nitrogens with two attached hydrogens (primary N) is 1. The molecule has 15 heavy (non-hydrogen) atoms. The van der Waals surface area contributed by atoms with Gasteiger partial charge in [0.15, 0.2) is 0 Å². The molecule has 1 fully saturated rings. The molecule has 0 spiro atoms. The zero-order valence-electron chi connectivity index (χ0n) is 9.32. The van der Waals surface area contributed by atoms with Crippen LogP contribution in [-0.4, -0.2) is 41.7 Å². The Morgan fingerprint density at radius 2 is 2.20 bits per heavy atom. The number of aliphatic hydroxyl groups excluding tert-OH is 1. The summed E-state index contributed by atoms with van der Waals surface area (Å²) in [6, 6.07) is 0. The highest BCUT2D eigenvalue weighted by molar-refractivity contribution is 5.76. The summed E-state index contributed by atoms with van der Waals surface area (Å²) in [6.45, 7) is 2.04. The van der Waals surface area contributed by atoms with Crippen molar-refractivity contribution in [1.29, 1.82) is 0 Å². The van der Waals surface area contributed by atoms with Gasteiger partial charge >= 0.3 is 0 Å². The van der Waals surface area contributed by atoms with Crippen molar-refractivity contribution < 1.29 is 9.90 Å². The molecule has 0 aromatic heterocycles. The fourth-order valence-corrected chi connectivity index (χ4v) is 1.94. The average molecular weight is 214 g/mol. The monoisotopic (exact) mass is 214 g/mol. The van der Waals surface area contributed by atoms with Crippen LogP contribution in [0.25, 0.3) is 0 Å². The molecule has 0 unspecified atom stereocenters. The number of hydrogen-bond donors (Lipinski definition) is 2. The van der Waals surface area contributed by atoms with Crippen molar-refractivity contribution in [2.75, 3.05) is 19.6 Å². The van der Waals surface area contributed by atoms with Crippen LogP contribution in [-0.2, 0) is 4.79 Å². The Balaban J connectivity index is 2.15. The quantitative estimate of drug-likeness (QED) is 0.654. The van der Waals surface area contributed by atoms with Gasteiger partial charge in [0.25, 0.3) is 0 Å². The van der Waals surface area contributed by atoms with E-state index in [1.807, 2.05) is 0 Å². The van der Waals surface area contributed by atoms with E-state index in [4.69, 9.17) is 5.73 Å². The Morgan fingerprint density at radius 3 is 2.87 bits per heavy atom. The molecule has 88 valence electrons. The van der Waals surface area contributed by atoms with Gasteiger partial charge in [0.1, 0.15) is 0 Å². The third-order valence-corrected chi connectivity index (χ3v) is 2.84. The highest BCUT2D eigenvalue weighted by Crippen LogP contribution is 2.12. The number of hydrogen-bond acceptors (Lipinski definition) is 3. The molecule has 1 rings (SSSR count). The van der Waals surface area contributed by atoms with Crippen molar-refractivity contribution in [2.24, 2.45) is 5.73 Å². The first-order chi connectivity index (χ1) is 7.24. The molecular formula is C11H22N2O2. The number of likely N-dealkylation sites (tertiary alicyclic amines) is 1. The van der Waals surface area contributed by atoms with E-state index in [1.165, 1.54) is 0 Å². The van der Waals surface area contributed by atoms with Crippen molar-refractivity contribution >= 4 is 5.91 Å². The minimum absolute atomic E-state index is 0.186. The SMILES string of the molecule is NCCCCCC(=O)N1CCC[C@H](O)C1. The summed E-state index contributed by atoms with van der Waals surface area (Å²) in [5, 5.41) is 9.43. The summed E-state index contributed by atoms with van der Waals surface area (Å²) in [5.74, 6) is 0.186. The molecule has 1 aliphatic heterocycles. The van der Waals surface area contributed by atoms with Crippen LogP contribution in [0.2, 0.25) is 0 Å². The number of β-amino-alcohol motifs (C(OH)–C–C–N with tert-alkyl or cyclic N) is 1. The highest BCUT2D eigenvalue weighted by atomic mass is 16.3. The van der Waals surface area contributed by atoms with E-state index in [0.29, 0.717) is 19.5 Å². The van der Waals surface area contributed by atoms with Gasteiger partial charge in [0, 0.05) is 19.5 Å². The largest absolute Gasteiger partial charge is 0.391 e. The summed E-state index contributed by atoms with van der Waals surface area (Å²) < 4.78 is 0. The van der Waals surface area contributed by atoms with E-state index in [0.717, 1.165) is 38.6 Å². The van der Waals surface area contributed by atoms with Crippen LogP contribution in [0.15, 0.2) is 0 Å². The maximum Gasteiger partial charge on any atom is 0.222 e. The van der Waals surface area contributed by atoms with Crippen molar-refractivity contribution in [3.63, 3.8) is 0 Å². The average Bonchev–Trinajstić information content (AvgIpc) is 2.24. The third-order valence-electron chi connectivity index (χ3n) is 2.84. The number of carbonyl (C=O) groups is 1. The number of piperidine rings is 1. The van der Waals surface area contributed by atoms with Crippen molar-refractivity contribution in [2.45, 2.75) is 44.6 Å². The number of aliphatic hydroxyl groups is 1. The fraction of sp³-hybridized carbons (Fsp3) is 0.909. The van der Waals surface area contributed by atoms with Gasteiger partial charge in [0.2, 0.25) is 5.91 Å². The Hall–Kier alpha value is -0.610. The summed E-state index contributed by atoms with van der Waals surface area (Å²) >= 11 is 0. The second kappa shape index (κ2) is 6.80. The smallest absolute Gasteiger partial charge is 0.222 e. The third kappa shape index (κ3) is 4.62. The van der Waals surface area contributed by atoms with Crippen LogP contribution in [0.3, 0.4) is 0 Å². The molecule has 4 heteroatoms. The van der Waals surface area contributed by atoms with Gasteiger partial charge in [-0.05, 0) is 32.2 Å². The van der Waals surface area contributed by atoms with Gasteiger partial charge in [-0.15, -0.1) is 0 Å². The van der Waals surface area contributed by atoms with Gasteiger partial charge in [-0.25, -0.2) is 0 Å². The van der Waals surface area contributed by atoms with E-state index in [-0.39, 0.29) is 12.0 Å². The van der Waals surface area contributed by atoms with Crippen molar-refractivity contribution in [1.82, 2.24) is 4.90 Å². The van der Waals surface area contributed by atoms with Crippen LogP contribution in [0.1, 0.15) is 38.5 Å². The van der Waals surface area contributed by atoms with Crippen LogP contribution in [0.4, 0.5) is 0 Å². The first-order valence-electron chi connectivity index (χ1n) is 5.90. The van der Waals surface area contributed by atoms with Crippen LogP contribution >= 0.6 is 0 Å². The molecule has 0 aromatic rings. The van der Waals surface area contributed by atoms with Gasteiger partial charge in [-0.1, -0.05) is 6.42 Å². The molecule has 1 heterocycles. The molecule has 3 N–H and O–H groups in total. The number of rotatable bonds is 5. The normalized spacial score (nSPS) is 21.7. The van der Waals surface area contributed by atoms with E-state index in [1.54, 1.807) is 4.90 Å². The summed E-state index contributed by atoms with van der Waals surface area (Å²) in [7, 11) is 0. The van der Waals surface area contributed by atoms with Crippen molar-refractivity contribution in [3.8, 4) is 0 Å². The van der Waals surface area contributed by atoms with Gasteiger partial charge in [0.05, 0.1) is 6.10 Å². The molecule has 0 saturated carbocycles. The van der Waals surface area contributed by atoms with Gasteiger partial charge in [-0.3, -0.25) is 4.79 Å². The van der Waals surface area contributed by atoms with Crippen molar-refractivity contribution in [3.05, 3.63) is 0 Å². The standard InChI is InChI=1S/C11H22N2O2/c12-7-3-1-2-6-11(15)13-8-4-5-10(14)9-13/h10,14H,1-9,12H2/t10-/m0/s1. The lowest BCUT2D eigenvalue weighted by Crippen LogP contribution is -2.42. The van der Waals surface area contributed by atoms with Gasteiger partial charge in [-0.2, -0.15) is 0 Å². The zero-order chi connectivity index (χ0) is 11.1. The summed E-state index contributed by atoms with van der Waals surface area (Å²) in [4.78, 5) is 13.5. The Kier molecular flexibility index (Phi) is 5.65. The molecule has 0 aromatic carbocycles. The lowest BCUT2D eigenvalue weighted by atomic mass is 10.1. The predicted octanol–water partition coefficient (Wildman–Crippen LogP) is 0.489. The molecule has 0 radical (unpaired) electrons. The first kappa shape index (κ1) is 12.5. The summed E-state index contributed by atoms with van der Waals surface area (Å²) in [5.41, 5.74) is 5.38. The van der Waals surface area contributed by atoms with Gasteiger partial charge < -0.3 is 15.7 Å². The second-order valence-electron chi connectivity index (χ2n) is 4.24. The Morgan fingerprint density at radius 1 is 1.40 bits per heavy atom. The molecular weight excluding hydrogens is 192 g/mol. The van der Waals surface area contributed by atoms with E-state index in [2.05, 4.69) is 0 Å². The second-order valence-corrected chi connectivity index (χ2v) is 4.24. The van der Waals surface area contributed by atoms with E-state index in [9.17, 15) is 9.90 Å². The minimum Gasteiger partial charge on any atom is -0.391 e. The molecule has 4 nitrogen and oxygen atoms in total. The fourth-order valence-electron chi connectivity index (χ4n) is 1.94. The number of amides is 1. The Labute approximate surface area is 91.4 Å². The zero-order valence-corrected chi connectivity index (χ0v) is 9.32. The van der Waals surface area contributed by atoms with Crippen LogP contribution in [0.5, 0.6) is 0 Å². The maximum absolute atomic E-state index is 11.7. The Bertz CT molecular complexity index is 197. The number of nitrogens with zero attached hydrogens (tertiary/aromatic N) is 1. The topological polar surface area (TPSA) is 66.6 Å². The molecule has 1 atom stereocenters. The van der Waals surface area contributed by atoms with E-state index >= 15 is 0 Å². The molecule has 0 bridgehead atoms. The van der Waals surface area contributed by atoms with Crippen LogP contribution in [0, 0.1) is 0 Å². The van der Waals surface area contributed by atoms with E-state index < -0.39 is 0 Å². The molecule has 1 amide bonds. The minimum atomic E-state index is -0.313. The lowest BCUT2D eigenvalue weighted by molar-refractivity contribution is -0.134. The highest BCUT2D eigenvalue weighted by Gasteiger charge is 2.21. The lowest BCUT2D eigenvalue weighted by Gasteiger charge is -2.30.